The second kappa shape index (κ2) is 6.83. The molecule has 0 aliphatic heterocycles. The van der Waals surface area contributed by atoms with Crippen LogP contribution in [0.2, 0.25) is 0 Å². The fourth-order valence-electron chi connectivity index (χ4n) is 2.30. The molecule has 0 saturated heterocycles. The van der Waals surface area contributed by atoms with Crippen molar-refractivity contribution in [2.24, 2.45) is 11.8 Å². The smallest absolute Gasteiger partial charge is 0.223 e. The van der Waals surface area contributed by atoms with E-state index in [1.54, 1.807) is 0 Å². The molecule has 0 spiro atoms. The van der Waals surface area contributed by atoms with Crippen LogP contribution in [0.5, 0.6) is 0 Å². The van der Waals surface area contributed by atoms with E-state index in [2.05, 4.69) is 17.6 Å². The molecule has 0 radical (unpaired) electrons. The van der Waals surface area contributed by atoms with Crippen molar-refractivity contribution < 1.29 is 4.79 Å². The number of carbonyl (C=O) groups excluding carboxylic acids is 1. The Bertz CT molecular complexity index is 186. The number of hydrogen-bond donors (Lipinski definition) is 2. The van der Waals surface area contributed by atoms with Gasteiger partial charge in [0.2, 0.25) is 5.91 Å². The Morgan fingerprint density at radius 1 is 1.13 bits per heavy atom. The molecule has 1 fully saturated rings. The third-order valence-electron chi connectivity index (χ3n) is 3.25. The van der Waals surface area contributed by atoms with Crippen molar-refractivity contribution in [1.29, 1.82) is 0 Å². The van der Waals surface area contributed by atoms with Gasteiger partial charge in [0.1, 0.15) is 0 Å². The summed E-state index contributed by atoms with van der Waals surface area (Å²) < 4.78 is 0. The van der Waals surface area contributed by atoms with Crippen LogP contribution in [0.25, 0.3) is 0 Å². The summed E-state index contributed by atoms with van der Waals surface area (Å²) in [7, 11) is 0. The number of amides is 1. The van der Waals surface area contributed by atoms with Gasteiger partial charge in [-0.05, 0) is 51.6 Å². The molecule has 0 atom stereocenters. The molecule has 1 aliphatic carbocycles. The van der Waals surface area contributed by atoms with Gasteiger partial charge in [-0.2, -0.15) is 0 Å². The molecule has 1 rings (SSSR count). The Balaban J connectivity index is 2.20. The van der Waals surface area contributed by atoms with Crippen LogP contribution >= 0.6 is 0 Å². The number of hydrogen-bond acceptors (Lipinski definition) is 2. The summed E-state index contributed by atoms with van der Waals surface area (Å²) in [6, 6.07) is 0. The van der Waals surface area contributed by atoms with Crippen molar-refractivity contribution in [3.05, 3.63) is 0 Å². The Hall–Kier alpha value is -0.570. The molecule has 1 aliphatic rings. The quantitative estimate of drug-likeness (QED) is 0.726. The Kier molecular flexibility index (Phi) is 5.69. The second-order valence-electron chi connectivity index (χ2n) is 4.42. The highest BCUT2D eigenvalue weighted by molar-refractivity contribution is 5.78. The molecule has 2 N–H and O–H groups in total. The van der Waals surface area contributed by atoms with Crippen LogP contribution in [-0.2, 0) is 4.79 Å². The predicted octanol–water partition coefficient (Wildman–Crippen LogP) is 1.54. The Morgan fingerprint density at radius 3 is 2.33 bits per heavy atom. The van der Waals surface area contributed by atoms with Gasteiger partial charge in [-0.3, -0.25) is 4.79 Å². The topological polar surface area (TPSA) is 41.1 Å². The molecule has 0 aromatic heterocycles. The van der Waals surface area contributed by atoms with E-state index in [-0.39, 0.29) is 11.8 Å². The van der Waals surface area contributed by atoms with Gasteiger partial charge in [-0.25, -0.2) is 0 Å². The van der Waals surface area contributed by atoms with E-state index in [0.717, 1.165) is 38.4 Å². The lowest BCUT2D eigenvalue weighted by atomic mass is 9.81. The zero-order valence-corrected chi connectivity index (χ0v) is 10.0. The van der Waals surface area contributed by atoms with E-state index in [9.17, 15) is 4.79 Å². The summed E-state index contributed by atoms with van der Waals surface area (Å²) in [5.74, 6) is 1.33. The van der Waals surface area contributed by atoms with E-state index in [4.69, 9.17) is 0 Å². The fraction of sp³-hybridized carbons (Fsp3) is 0.917. The molecule has 0 heterocycles. The summed E-state index contributed by atoms with van der Waals surface area (Å²) in [4.78, 5) is 11.6. The van der Waals surface area contributed by atoms with Gasteiger partial charge in [-0.1, -0.05) is 6.92 Å². The maximum atomic E-state index is 11.6. The van der Waals surface area contributed by atoms with Crippen LogP contribution in [-0.4, -0.2) is 25.5 Å². The van der Waals surface area contributed by atoms with E-state index < -0.39 is 0 Å². The summed E-state index contributed by atoms with van der Waals surface area (Å²) in [5.41, 5.74) is 0. The molecule has 15 heavy (non-hydrogen) atoms. The lowest BCUT2D eigenvalue weighted by Gasteiger charge is -2.27. The molecule has 88 valence electrons. The minimum atomic E-state index is 0.263. The number of nitrogens with one attached hydrogen (secondary N) is 2. The zero-order valence-electron chi connectivity index (χ0n) is 10.0. The summed E-state index contributed by atoms with van der Waals surface area (Å²) in [6.45, 7) is 7.06. The zero-order chi connectivity index (χ0) is 11.1. The van der Waals surface area contributed by atoms with Crippen LogP contribution in [0.3, 0.4) is 0 Å². The van der Waals surface area contributed by atoms with Crippen LogP contribution in [0, 0.1) is 11.8 Å². The van der Waals surface area contributed by atoms with Crippen molar-refractivity contribution in [1.82, 2.24) is 10.6 Å². The molecule has 3 heteroatoms. The van der Waals surface area contributed by atoms with Gasteiger partial charge in [0, 0.05) is 12.5 Å². The monoisotopic (exact) mass is 212 g/mol. The first-order valence-corrected chi connectivity index (χ1v) is 6.26. The molecule has 3 nitrogen and oxygen atoms in total. The lowest BCUT2D eigenvalue weighted by Crippen LogP contribution is -2.34. The average Bonchev–Trinajstić information content (AvgIpc) is 2.27. The largest absolute Gasteiger partial charge is 0.356 e. The first kappa shape index (κ1) is 12.5. The summed E-state index contributed by atoms with van der Waals surface area (Å²) in [5, 5.41) is 6.31. The van der Waals surface area contributed by atoms with Crippen LogP contribution < -0.4 is 10.6 Å². The number of carbonyl (C=O) groups is 1. The summed E-state index contributed by atoms with van der Waals surface area (Å²) in [6.07, 6.45) is 4.55. The van der Waals surface area contributed by atoms with Crippen molar-refractivity contribution in [3.63, 3.8) is 0 Å². The van der Waals surface area contributed by atoms with Gasteiger partial charge in [0.25, 0.3) is 0 Å². The maximum absolute atomic E-state index is 11.6. The highest BCUT2D eigenvalue weighted by atomic mass is 16.1. The van der Waals surface area contributed by atoms with Crippen molar-refractivity contribution >= 4 is 5.91 Å². The van der Waals surface area contributed by atoms with E-state index in [1.165, 1.54) is 12.8 Å². The first-order valence-electron chi connectivity index (χ1n) is 6.26. The van der Waals surface area contributed by atoms with Gasteiger partial charge >= 0.3 is 0 Å². The standard InChI is InChI=1S/C12H24N2O/c1-3-13-9-10-5-7-11(8-6-10)12(15)14-4-2/h10-11,13H,3-9H2,1-2H3,(H,14,15). The minimum absolute atomic E-state index is 0.263. The van der Waals surface area contributed by atoms with E-state index in [0.29, 0.717) is 0 Å². The lowest BCUT2D eigenvalue weighted by molar-refractivity contribution is -0.126. The Morgan fingerprint density at radius 2 is 1.80 bits per heavy atom. The van der Waals surface area contributed by atoms with Crippen LogP contribution in [0.1, 0.15) is 39.5 Å². The molecule has 0 unspecified atom stereocenters. The van der Waals surface area contributed by atoms with Crippen molar-refractivity contribution in [3.8, 4) is 0 Å². The van der Waals surface area contributed by atoms with Gasteiger partial charge < -0.3 is 10.6 Å². The minimum Gasteiger partial charge on any atom is -0.356 e. The number of rotatable bonds is 5. The average molecular weight is 212 g/mol. The first-order chi connectivity index (χ1) is 7.27. The molecule has 1 amide bonds. The van der Waals surface area contributed by atoms with E-state index in [1.807, 2.05) is 6.92 Å². The van der Waals surface area contributed by atoms with Crippen molar-refractivity contribution in [2.75, 3.05) is 19.6 Å². The summed E-state index contributed by atoms with van der Waals surface area (Å²) >= 11 is 0. The van der Waals surface area contributed by atoms with Gasteiger partial charge in [0.15, 0.2) is 0 Å². The van der Waals surface area contributed by atoms with E-state index >= 15 is 0 Å². The van der Waals surface area contributed by atoms with Gasteiger partial charge in [-0.15, -0.1) is 0 Å². The fourth-order valence-corrected chi connectivity index (χ4v) is 2.30. The third kappa shape index (κ3) is 4.20. The Labute approximate surface area is 93.0 Å². The van der Waals surface area contributed by atoms with Crippen LogP contribution in [0.4, 0.5) is 0 Å². The predicted molar refractivity (Wildman–Crippen MR) is 62.7 cm³/mol. The highest BCUT2D eigenvalue weighted by Crippen LogP contribution is 2.28. The molecular formula is C12H24N2O. The molecule has 0 aromatic rings. The van der Waals surface area contributed by atoms with Crippen LogP contribution in [0.15, 0.2) is 0 Å². The van der Waals surface area contributed by atoms with Crippen molar-refractivity contribution in [2.45, 2.75) is 39.5 Å². The molecule has 0 aromatic carbocycles. The molecule has 0 bridgehead atoms. The normalized spacial score (nSPS) is 26.3. The second-order valence-corrected chi connectivity index (χ2v) is 4.42. The van der Waals surface area contributed by atoms with Gasteiger partial charge in [0.05, 0.1) is 0 Å². The molecular weight excluding hydrogens is 188 g/mol. The SMILES string of the molecule is CCNCC1CCC(C(=O)NCC)CC1. The highest BCUT2D eigenvalue weighted by Gasteiger charge is 2.25. The molecule has 1 saturated carbocycles. The maximum Gasteiger partial charge on any atom is 0.223 e. The third-order valence-corrected chi connectivity index (χ3v) is 3.25.